The Morgan fingerprint density at radius 3 is 2.33 bits per heavy atom. The van der Waals surface area contributed by atoms with Gasteiger partial charge in [-0.05, 0) is 25.0 Å². The van der Waals surface area contributed by atoms with Crippen molar-refractivity contribution in [3.8, 4) is 0 Å². The lowest BCUT2D eigenvalue weighted by Gasteiger charge is -2.22. The lowest BCUT2D eigenvalue weighted by molar-refractivity contribution is -0.384. The van der Waals surface area contributed by atoms with E-state index in [0.29, 0.717) is 11.3 Å². The summed E-state index contributed by atoms with van der Waals surface area (Å²) in [6, 6.07) is 4.78. The number of benzene rings is 1. The summed E-state index contributed by atoms with van der Waals surface area (Å²) >= 11 is 0. The van der Waals surface area contributed by atoms with Crippen LogP contribution in [-0.4, -0.2) is 42.9 Å². The summed E-state index contributed by atoms with van der Waals surface area (Å²) in [5.41, 5.74) is 0.993. The molecule has 0 aromatic heterocycles. The van der Waals surface area contributed by atoms with Crippen molar-refractivity contribution in [1.82, 2.24) is 4.90 Å². The molecule has 1 saturated heterocycles. The van der Waals surface area contributed by atoms with Crippen LogP contribution in [-0.2, 0) is 0 Å². The largest absolute Gasteiger partial charge is 0.366 e. The van der Waals surface area contributed by atoms with Gasteiger partial charge in [0.1, 0.15) is 5.69 Å². The molecule has 1 aliphatic heterocycles. The molecule has 0 bridgehead atoms. The van der Waals surface area contributed by atoms with Crippen molar-refractivity contribution in [1.29, 1.82) is 0 Å². The number of anilines is 1. The van der Waals surface area contributed by atoms with Crippen molar-refractivity contribution >= 4 is 17.3 Å². The molecular weight excluding hydrogens is 270 g/mol. The van der Waals surface area contributed by atoms with Gasteiger partial charge in [-0.3, -0.25) is 14.9 Å². The van der Waals surface area contributed by atoms with E-state index in [1.807, 2.05) is 0 Å². The number of nitro benzene ring substituents is 1. The van der Waals surface area contributed by atoms with Crippen LogP contribution in [0.5, 0.6) is 0 Å². The second-order valence-corrected chi connectivity index (χ2v) is 5.56. The van der Waals surface area contributed by atoms with Crippen LogP contribution in [0.4, 0.5) is 11.4 Å². The highest BCUT2D eigenvalue weighted by molar-refractivity contribution is 5.95. The fraction of sp³-hybridized carbons (Fsp3) is 0.533. The predicted octanol–water partition coefficient (Wildman–Crippen LogP) is 2.68. The van der Waals surface area contributed by atoms with Gasteiger partial charge in [0, 0.05) is 38.8 Å². The number of nitrogens with zero attached hydrogens (tertiary/aromatic N) is 3. The van der Waals surface area contributed by atoms with Crippen molar-refractivity contribution in [3.63, 3.8) is 0 Å². The predicted molar refractivity (Wildman–Crippen MR) is 81.8 cm³/mol. The molecule has 6 nitrogen and oxygen atoms in total. The highest BCUT2D eigenvalue weighted by atomic mass is 16.6. The van der Waals surface area contributed by atoms with Gasteiger partial charge < -0.3 is 9.80 Å². The third-order valence-corrected chi connectivity index (χ3v) is 3.77. The molecule has 1 fully saturated rings. The molecule has 0 saturated carbocycles. The summed E-state index contributed by atoms with van der Waals surface area (Å²) in [7, 11) is 3.27. The van der Waals surface area contributed by atoms with Crippen LogP contribution in [0.15, 0.2) is 18.2 Å². The van der Waals surface area contributed by atoms with Crippen LogP contribution in [0.2, 0.25) is 0 Å². The van der Waals surface area contributed by atoms with Gasteiger partial charge in [-0.2, -0.15) is 0 Å². The normalized spacial score (nSPS) is 15.4. The molecule has 1 aromatic rings. The van der Waals surface area contributed by atoms with Crippen molar-refractivity contribution in [2.75, 3.05) is 32.1 Å². The van der Waals surface area contributed by atoms with Gasteiger partial charge in [0.05, 0.1) is 4.92 Å². The Morgan fingerprint density at radius 1 is 1.19 bits per heavy atom. The molecule has 0 N–H and O–H groups in total. The fourth-order valence-electron chi connectivity index (χ4n) is 2.64. The molecule has 114 valence electrons. The summed E-state index contributed by atoms with van der Waals surface area (Å²) in [5.74, 6) is -0.222. The van der Waals surface area contributed by atoms with E-state index in [-0.39, 0.29) is 11.6 Å². The van der Waals surface area contributed by atoms with Crippen LogP contribution < -0.4 is 4.90 Å². The minimum atomic E-state index is -0.396. The first kappa shape index (κ1) is 15.3. The van der Waals surface area contributed by atoms with Crippen LogP contribution >= 0.6 is 0 Å². The topological polar surface area (TPSA) is 66.7 Å². The zero-order valence-corrected chi connectivity index (χ0v) is 12.5. The summed E-state index contributed by atoms with van der Waals surface area (Å²) in [4.78, 5) is 26.4. The van der Waals surface area contributed by atoms with Gasteiger partial charge in [-0.1, -0.05) is 12.8 Å². The lowest BCUT2D eigenvalue weighted by Crippen LogP contribution is -2.25. The highest BCUT2D eigenvalue weighted by Gasteiger charge is 2.23. The van der Waals surface area contributed by atoms with Gasteiger partial charge in [0.2, 0.25) is 0 Å². The Labute approximate surface area is 124 Å². The van der Waals surface area contributed by atoms with Gasteiger partial charge >= 0.3 is 0 Å². The monoisotopic (exact) mass is 291 g/mol. The summed E-state index contributed by atoms with van der Waals surface area (Å²) in [5, 5.41) is 11.3. The fourth-order valence-corrected chi connectivity index (χ4v) is 2.64. The van der Waals surface area contributed by atoms with E-state index in [2.05, 4.69) is 4.90 Å². The Kier molecular flexibility index (Phi) is 4.77. The van der Waals surface area contributed by atoms with E-state index in [4.69, 9.17) is 0 Å². The maximum atomic E-state index is 12.0. The van der Waals surface area contributed by atoms with E-state index in [1.54, 1.807) is 26.2 Å². The average Bonchev–Trinajstić information content (AvgIpc) is 2.74. The van der Waals surface area contributed by atoms with E-state index in [0.717, 1.165) is 25.9 Å². The molecule has 2 rings (SSSR count). The number of hydrogen-bond acceptors (Lipinski definition) is 4. The molecule has 1 heterocycles. The average molecular weight is 291 g/mol. The Morgan fingerprint density at radius 2 is 1.81 bits per heavy atom. The Bertz CT molecular complexity index is 535. The second kappa shape index (κ2) is 6.56. The van der Waals surface area contributed by atoms with Crippen molar-refractivity contribution < 1.29 is 9.72 Å². The van der Waals surface area contributed by atoms with E-state index < -0.39 is 4.92 Å². The SMILES string of the molecule is CN(C)C(=O)c1ccc(N2CCCCCC2)c([N+](=O)[O-])c1. The van der Waals surface area contributed by atoms with Crippen molar-refractivity contribution in [2.24, 2.45) is 0 Å². The molecule has 1 aliphatic rings. The Balaban J connectivity index is 2.37. The molecule has 0 aliphatic carbocycles. The van der Waals surface area contributed by atoms with Gasteiger partial charge in [0.15, 0.2) is 0 Å². The van der Waals surface area contributed by atoms with Gasteiger partial charge in [-0.25, -0.2) is 0 Å². The van der Waals surface area contributed by atoms with Gasteiger partial charge in [-0.15, -0.1) is 0 Å². The molecular formula is C15H21N3O3. The quantitative estimate of drug-likeness (QED) is 0.634. The zero-order chi connectivity index (χ0) is 15.4. The molecule has 0 unspecified atom stereocenters. The smallest absolute Gasteiger partial charge is 0.293 e. The number of nitro groups is 1. The minimum Gasteiger partial charge on any atom is -0.366 e. The first-order chi connectivity index (χ1) is 10.0. The number of carbonyl (C=O) groups excluding carboxylic acids is 1. The molecule has 0 atom stereocenters. The summed E-state index contributed by atoms with van der Waals surface area (Å²) in [6.45, 7) is 1.67. The molecule has 1 aromatic carbocycles. The molecule has 1 amide bonds. The van der Waals surface area contributed by atoms with Crippen LogP contribution in [0, 0.1) is 10.1 Å². The number of hydrogen-bond donors (Lipinski definition) is 0. The van der Waals surface area contributed by atoms with Crippen LogP contribution in [0.1, 0.15) is 36.0 Å². The van der Waals surface area contributed by atoms with E-state index in [1.165, 1.54) is 23.8 Å². The standard InChI is InChI=1S/C15H21N3O3/c1-16(2)15(19)12-7-8-13(14(11-12)18(20)21)17-9-5-3-4-6-10-17/h7-8,11H,3-6,9-10H2,1-2H3. The maximum Gasteiger partial charge on any atom is 0.293 e. The second-order valence-electron chi connectivity index (χ2n) is 5.56. The van der Waals surface area contributed by atoms with Crippen molar-refractivity contribution in [2.45, 2.75) is 25.7 Å². The zero-order valence-electron chi connectivity index (χ0n) is 12.5. The number of rotatable bonds is 3. The first-order valence-electron chi connectivity index (χ1n) is 7.26. The first-order valence-corrected chi connectivity index (χ1v) is 7.26. The highest BCUT2D eigenvalue weighted by Crippen LogP contribution is 2.31. The Hall–Kier alpha value is -2.11. The van der Waals surface area contributed by atoms with Crippen LogP contribution in [0.3, 0.4) is 0 Å². The molecule has 21 heavy (non-hydrogen) atoms. The summed E-state index contributed by atoms with van der Waals surface area (Å²) < 4.78 is 0. The van der Waals surface area contributed by atoms with Crippen LogP contribution in [0.25, 0.3) is 0 Å². The maximum absolute atomic E-state index is 12.0. The third-order valence-electron chi connectivity index (χ3n) is 3.77. The van der Waals surface area contributed by atoms with E-state index >= 15 is 0 Å². The minimum absolute atomic E-state index is 0.0181. The summed E-state index contributed by atoms with van der Waals surface area (Å²) in [6.07, 6.45) is 4.44. The molecule has 0 spiro atoms. The van der Waals surface area contributed by atoms with E-state index in [9.17, 15) is 14.9 Å². The lowest BCUT2D eigenvalue weighted by atomic mass is 10.1. The molecule has 0 radical (unpaired) electrons. The van der Waals surface area contributed by atoms with Gasteiger partial charge in [0.25, 0.3) is 11.6 Å². The van der Waals surface area contributed by atoms with Crippen molar-refractivity contribution in [3.05, 3.63) is 33.9 Å². The third kappa shape index (κ3) is 3.51. The number of carbonyl (C=O) groups is 1. The number of amides is 1. The molecule has 6 heteroatoms.